The van der Waals surface area contributed by atoms with Crippen LogP contribution in [-0.2, 0) is 11.2 Å². The average Bonchev–Trinajstić information content (AvgIpc) is 2.88. The van der Waals surface area contributed by atoms with Crippen molar-refractivity contribution in [2.45, 2.75) is 44.4 Å². The fourth-order valence-corrected chi connectivity index (χ4v) is 3.12. The van der Waals surface area contributed by atoms with Crippen molar-refractivity contribution in [3.05, 3.63) is 12.0 Å². The molecule has 1 aromatic heterocycles. The third-order valence-electron chi connectivity index (χ3n) is 4.22. The molecule has 0 amide bonds. The van der Waals surface area contributed by atoms with Gasteiger partial charge in [-0.25, -0.2) is 9.97 Å². The van der Waals surface area contributed by atoms with Crippen molar-refractivity contribution < 1.29 is 9.84 Å². The lowest BCUT2D eigenvalue weighted by molar-refractivity contribution is -0.0180. The first kappa shape index (κ1) is 12.6. The highest BCUT2D eigenvalue weighted by Crippen LogP contribution is 2.36. The molecule has 0 aliphatic carbocycles. The van der Waals surface area contributed by atoms with E-state index >= 15 is 0 Å². The molecule has 3 rings (SSSR count). The minimum Gasteiger partial charge on any atom is -0.394 e. The average molecular weight is 264 g/mol. The van der Waals surface area contributed by atoms with Crippen LogP contribution in [-0.4, -0.2) is 39.9 Å². The summed E-state index contributed by atoms with van der Waals surface area (Å²) in [5, 5.41) is 12.6. The SMILES string of the molecule is CC1Nc2c(N)ncnc2CC1C1CCC(CO)O1. The smallest absolute Gasteiger partial charge is 0.150 e. The van der Waals surface area contributed by atoms with E-state index in [1.807, 2.05) is 0 Å². The molecule has 19 heavy (non-hydrogen) atoms. The van der Waals surface area contributed by atoms with Crippen LogP contribution < -0.4 is 11.1 Å². The van der Waals surface area contributed by atoms with Gasteiger partial charge in [-0.15, -0.1) is 0 Å². The highest BCUT2D eigenvalue weighted by molar-refractivity contribution is 5.66. The predicted molar refractivity (Wildman–Crippen MR) is 71.7 cm³/mol. The van der Waals surface area contributed by atoms with Gasteiger partial charge in [0.2, 0.25) is 0 Å². The van der Waals surface area contributed by atoms with Crippen LogP contribution in [0.1, 0.15) is 25.5 Å². The molecule has 1 aromatic rings. The Morgan fingerprint density at radius 2 is 2.32 bits per heavy atom. The first-order valence-corrected chi connectivity index (χ1v) is 6.81. The van der Waals surface area contributed by atoms with E-state index in [1.54, 1.807) is 0 Å². The molecule has 0 radical (unpaired) electrons. The number of aliphatic hydroxyl groups excluding tert-OH is 1. The molecule has 2 aliphatic rings. The van der Waals surface area contributed by atoms with E-state index in [2.05, 4.69) is 22.2 Å². The number of aromatic nitrogens is 2. The highest BCUT2D eigenvalue weighted by Gasteiger charge is 2.37. The first-order valence-electron chi connectivity index (χ1n) is 6.81. The maximum absolute atomic E-state index is 9.16. The summed E-state index contributed by atoms with van der Waals surface area (Å²) in [5.41, 5.74) is 7.70. The molecule has 6 heteroatoms. The molecule has 6 nitrogen and oxygen atoms in total. The zero-order valence-corrected chi connectivity index (χ0v) is 11.0. The molecule has 0 aromatic carbocycles. The summed E-state index contributed by atoms with van der Waals surface area (Å²) in [6.45, 7) is 2.24. The molecule has 0 spiro atoms. The second-order valence-electron chi connectivity index (χ2n) is 5.44. The third-order valence-corrected chi connectivity index (χ3v) is 4.22. The number of rotatable bonds is 2. The standard InChI is InChI=1S/C13H20N4O2/c1-7-9(11-3-2-8(5-18)19-11)4-10-12(17-7)13(14)16-6-15-10/h6-9,11,17-18H,2-5H2,1H3,(H2,14,15,16). The van der Waals surface area contributed by atoms with Gasteiger partial charge in [0.1, 0.15) is 6.33 Å². The predicted octanol–water partition coefficient (Wildman–Crippen LogP) is 0.571. The van der Waals surface area contributed by atoms with Crippen molar-refractivity contribution in [2.24, 2.45) is 5.92 Å². The number of nitrogens with two attached hydrogens (primary N) is 1. The number of hydrogen-bond acceptors (Lipinski definition) is 6. The fraction of sp³-hybridized carbons (Fsp3) is 0.692. The minimum atomic E-state index is -0.00549. The Morgan fingerprint density at radius 3 is 3.05 bits per heavy atom. The van der Waals surface area contributed by atoms with Crippen molar-refractivity contribution in [3.63, 3.8) is 0 Å². The molecule has 1 fully saturated rings. The van der Waals surface area contributed by atoms with Crippen LogP contribution in [0.3, 0.4) is 0 Å². The Labute approximate surface area is 112 Å². The molecule has 2 aliphatic heterocycles. The largest absolute Gasteiger partial charge is 0.394 e. The second kappa shape index (κ2) is 4.94. The van der Waals surface area contributed by atoms with Crippen LogP contribution >= 0.6 is 0 Å². The maximum Gasteiger partial charge on any atom is 0.150 e. The van der Waals surface area contributed by atoms with E-state index < -0.39 is 0 Å². The van der Waals surface area contributed by atoms with Crippen molar-refractivity contribution in [3.8, 4) is 0 Å². The number of ether oxygens (including phenoxy) is 1. The van der Waals surface area contributed by atoms with E-state index in [0.29, 0.717) is 11.7 Å². The van der Waals surface area contributed by atoms with Gasteiger partial charge in [0.05, 0.1) is 30.2 Å². The van der Waals surface area contributed by atoms with Crippen LogP contribution in [0.2, 0.25) is 0 Å². The van der Waals surface area contributed by atoms with Gasteiger partial charge in [0, 0.05) is 12.0 Å². The monoisotopic (exact) mass is 264 g/mol. The van der Waals surface area contributed by atoms with Crippen molar-refractivity contribution in [1.29, 1.82) is 0 Å². The molecular weight excluding hydrogens is 244 g/mol. The van der Waals surface area contributed by atoms with Crippen molar-refractivity contribution >= 4 is 11.5 Å². The van der Waals surface area contributed by atoms with Gasteiger partial charge in [-0.2, -0.15) is 0 Å². The van der Waals surface area contributed by atoms with Crippen LogP contribution in [0.5, 0.6) is 0 Å². The lowest BCUT2D eigenvalue weighted by atomic mass is 9.85. The van der Waals surface area contributed by atoms with Crippen LogP contribution in [0.4, 0.5) is 11.5 Å². The van der Waals surface area contributed by atoms with E-state index in [4.69, 9.17) is 15.6 Å². The Balaban J connectivity index is 1.79. The van der Waals surface area contributed by atoms with Crippen LogP contribution in [0.15, 0.2) is 6.33 Å². The van der Waals surface area contributed by atoms with E-state index in [1.165, 1.54) is 6.33 Å². The lowest BCUT2D eigenvalue weighted by Gasteiger charge is -2.35. The molecule has 4 atom stereocenters. The number of anilines is 2. The molecule has 0 bridgehead atoms. The third kappa shape index (κ3) is 2.26. The topological polar surface area (TPSA) is 93.3 Å². The van der Waals surface area contributed by atoms with Gasteiger partial charge >= 0.3 is 0 Å². The van der Waals surface area contributed by atoms with Gasteiger partial charge in [-0.1, -0.05) is 0 Å². The normalized spacial score (nSPS) is 33.8. The summed E-state index contributed by atoms with van der Waals surface area (Å²) in [6.07, 6.45) is 4.47. The van der Waals surface area contributed by atoms with Crippen LogP contribution in [0.25, 0.3) is 0 Å². The highest BCUT2D eigenvalue weighted by atomic mass is 16.5. The first-order chi connectivity index (χ1) is 9.19. The van der Waals surface area contributed by atoms with Crippen LogP contribution in [0, 0.1) is 5.92 Å². The fourth-order valence-electron chi connectivity index (χ4n) is 3.12. The van der Waals surface area contributed by atoms with Gasteiger partial charge in [-0.3, -0.25) is 0 Å². The Hall–Kier alpha value is -1.40. The quantitative estimate of drug-likeness (QED) is 0.723. The second-order valence-corrected chi connectivity index (χ2v) is 5.44. The van der Waals surface area contributed by atoms with E-state index in [9.17, 15) is 0 Å². The number of nitrogen functional groups attached to an aromatic ring is 1. The lowest BCUT2D eigenvalue weighted by Crippen LogP contribution is -2.41. The zero-order chi connectivity index (χ0) is 13.4. The van der Waals surface area contributed by atoms with Gasteiger partial charge in [-0.05, 0) is 26.2 Å². The zero-order valence-electron chi connectivity index (χ0n) is 11.0. The van der Waals surface area contributed by atoms with E-state index in [-0.39, 0.29) is 24.9 Å². The number of nitrogens with zero attached hydrogens (tertiary/aromatic N) is 2. The number of hydrogen-bond donors (Lipinski definition) is 3. The summed E-state index contributed by atoms with van der Waals surface area (Å²) in [7, 11) is 0. The summed E-state index contributed by atoms with van der Waals surface area (Å²) in [4.78, 5) is 8.33. The summed E-state index contributed by atoms with van der Waals surface area (Å²) in [6, 6.07) is 0.267. The van der Waals surface area contributed by atoms with Gasteiger partial charge in [0.25, 0.3) is 0 Å². The molecule has 0 saturated carbocycles. The minimum absolute atomic E-state index is 0.00549. The molecule has 4 N–H and O–H groups in total. The van der Waals surface area contributed by atoms with Gasteiger partial charge < -0.3 is 20.9 Å². The summed E-state index contributed by atoms with van der Waals surface area (Å²) >= 11 is 0. The Kier molecular flexibility index (Phi) is 3.28. The summed E-state index contributed by atoms with van der Waals surface area (Å²) < 4.78 is 5.90. The Bertz CT molecular complexity index is 468. The number of fused-ring (bicyclic) bond motifs is 1. The number of aliphatic hydroxyl groups is 1. The summed E-state index contributed by atoms with van der Waals surface area (Å²) in [5.74, 6) is 0.870. The number of nitrogens with one attached hydrogen (secondary N) is 1. The van der Waals surface area contributed by atoms with E-state index in [0.717, 1.165) is 30.6 Å². The maximum atomic E-state index is 9.16. The molecule has 104 valence electrons. The molecular formula is C13H20N4O2. The molecule has 3 heterocycles. The van der Waals surface area contributed by atoms with Gasteiger partial charge in [0.15, 0.2) is 5.82 Å². The van der Waals surface area contributed by atoms with Crippen molar-refractivity contribution in [2.75, 3.05) is 17.7 Å². The van der Waals surface area contributed by atoms with Crippen molar-refractivity contribution in [1.82, 2.24) is 9.97 Å². The molecule has 1 saturated heterocycles. The molecule has 4 unspecified atom stereocenters. The Morgan fingerprint density at radius 1 is 1.47 bits per heavy atom.